The number of piperazine rings is 1. The van der Waals surface area contributed by atoms with Gasteiger partial charge in [-0.15, -0.1) is 23.7 Å². The summed E-state index contributed by atoms with van der Waals surface area (Å²) < 4.78 is 0. The van der Waals surface area contributed by atoms with Crippen LogP contribution in [0.15, 0.2) is 55.0 Å². The highest BCUT2D eigenvalue weighted by atomic mass is 35.5. The minimum atomic E-state index is 0. The predicted octanol–water partition coefficient (Wildman–Crippen LogP) is 4.43. The summed E-state index contributed by atoms with van der Waals surface area (Å²) in [4.78, 5) is 12.4. The Morgan fingerprint density at radius 3 is 2.88 bits per heavy atom. The third-order valence-electron chi connectivity index (χ3n) is 4.43. The van der Waals surface area contributed by atoms with Gasteiger partial charge in [0.25, 0.3) is 0 Å². The van der Waals surface area contributed by atoms with Crippen LogP contribution in [0.3, 0.4) is 0 Å². The van der Waals surface area contributed by atoms with Crippen molar-refractivity contribution in [2.45, 2.75) is 12.6 Å². The van der Waals surface area contributed by atoms with E-state index in [1.807, 2.05) is 42.9 Å². The Bertz CT molecular complexity index is 840. The van der Waals surface area contributed by atoms with E-state index >= 15 is 0 Å². The van der Waals surface area contributed by atoms with Gasteiger partial charge in [0.15, 0.2) is 0 Å². The summed E-state index contributed by atoms with van der Waals surface area (Å²) in [7, 11) is 0. The summed E-state index contributed by atoms with van der Waals surface area (Å²) >= 11 is 7.94. The third kappa shape index (κ3) is 4.42. The van der Waals surface area contributed by atoms with Crippen molar-refractivity contribution in [1.29, 1.82) is 0 Å². The van der Waals surface area contributed by atoms with Gasteiger partial charge in [0.1, 0.15) is 5.01 Å². The van der Waals surface area contributed by atoms with Crippen LogP contribution in [0.5, 0.6) is 0 Å². The van der Waals surface area contributed by atoms with Gasteiger partial charge in [0.05, 0.1) is 0 Å². The Hall–Kier alpha value is -1.50. The number of aromatic nitrogens is 2. The van der Waals surface area contributed by atoms with Gasteiger partial charge in [-0.05, 0) is 29.8 Å². The maximum absolute atomic E-state index is 6.19. The van der Waals surface area contributed by atoms with E-state index < -0.39 is 0 Å². The Morgan fingerprint density at radius 1 is 1.23 bits per heavy atom. The van der Waals surface area contributed by atoms with Crippen molar-refractivity contribution in [3.05, 3.63) is 70.5 Å². The van der Waals surface area contributed by atoms with Crippen molar-refractivity contribution < 1.29 is 0 Å². The molecule has 7 heteroatoms. The lowest BCUT2D eigenvalue weighted by molar-refractivity contribution is 0.155. The molecular weight excluding hydrogens is 387 g/mol. The van der Waals surface area contributed by atoms with Crippen molar-refractivity contribution >= 4 is 35.3 Å². The number of hydrogen-bond acceptors (Lipinski definition) is 5. The van der Waals surface area contributed by atoms with Gasteiger partial charge < -0.3 is 5.32 Å². The maximum atomic E-state index is 6.19. The molecule has 1 saturated heterocycles. The zero-order valence-electron chi connectivity index (χ0n) is 14.1. The lowest BCUT2D eigenvalue weighted by atomic mass is 10.0. The number of benzene rings is 1. The molecule has 3 heterocycles. The first kappa shape index (κ1) is 19.3. The number of pyridine rings is 1. The molecule has 136 valence electrons. The molecule has 3 aromatic rings. The highest BCUT2D eigenvalue weighted by Gasteiger charge is 2.24. The second-order valence-electron chi connectivity index (χ2n) is 6.11. The number of halogens is 2. The quantitative estimate of drug-likeness (QED) is 0.695. The molecule has 1 atom stereocenters. The van der Waals surface area contributed by atoms with Gasteiger partial charge in [-0.1, -0.05) is 23.7 Å². The molecule has 1 aliphatic rings. The van der Waals surface area contributed by atoms with Crippen LogP contribution in [0.1, 0.15) is 16.5 Å². The first-order valence-corrected chi connectivity index (χ1v) is 9.54. The summed E-state index contributed by atoms with van der Waals surface area (Å²) in [6.45, 7) is 3.87. The Kier molecular flexibility index (Phi) is 6.62. The number of thiazole rings is 1. The van der Waals surface area contributed by atoms with Crippen LogP contribution in [0.2, 0.25) is 5.02 Å². The molecule has 0 bridgehead atoms. The molecule has 4 nitrogen and oxygen atoms in total. The smallest absolute Gasteiger partial charge is 0.123 e. The van der Waals surface area contributed by atoms with Crippen LogP contribution >= 0.6 is 35.3 Å². The van der Waals surface area contributed by atoms with Crippen molar-refractivity contribution in [2.24, 2.45) is 0 Å². The topological polar surface area (TPSA) is 41.0 Å². The van der Waals surface area contributed by atoms with Crippen molar-refractivity contribution in [2.75, 3.05) is 19.6 Å². The van der Waals surface area contributed by atoms with Gasteiger partial charge in [-0.2, -0.15) is 0 Å². The van der Waals surface area contributed by atoms with Gasteiger partial charge in [-0.25, -0.2) is 4.98 Å². The van der Waals surface area contributed by atoms with Crippen LogP contribution in [0.25, 0.3) is 10.6 Å². The Balaban J connectivity index is 0.00000196. The Labute approximate surface area is 168 Å². The van der Waals surface area contributed by atoms with E-state index in [-0.39, 0.29) is 12.4 Å². The van der Waals surface area contributed by atoms with Crippen molar-refractivity contribution in [3.63, 3.8) is 0 Å². The minimum absolute atomic E-state index is 0. The Morgan fingerprint density at radius 2 is 2.08 bits per heavy atom. The highest BCUT2D eigenvalue weighted by Crippen LogP contribution is 2.30. The molecule has 0 radical (unpaired) electrons. The molecule has 2 aromatic heterocycles. The largest absolute Gasteiger partial charge is 0.314 e. The molecule has 1 N–H and O–H groups in total. The molecule has 0 saturated carbocycles. The summed E-state index contributed by atoms with van der Waals surface area (Å²) in [5.74, 6) is 0. The molecular formula is C19H20Cl2N4S. The van der Waals surface area contributed by atoms with Crippen molar-refractivity contribution in [3.8, 4) is 10.6 Å². The average Bonchev–Trinajstić information content (AvgIpc) is 3.11. The number of nitrogens with zero attached hydrogens (tertiary/aromatic N) is 3. The molecule has 0 spiro atoms. The molecule has 1 unspecified atom stereocenters. The first-order valence-electron chi connectivity index (χ1n) is 8.35. The second kappa shape index (κ2) is 8.93. The molecule has 1 fully saturated rings. The van der Waals surface area contributed by atoms with E-state index in [0.717, 1.165) is 41.8 Å². The summed E-state index contributed by atoms with van der Waals surface area (Å²) in [6, 6.07) is 12.5. The lowest BCUT2D eigenvalue weighted by Gasteiger charge is -2.36. The van der Waals surface area contributed by atoms with Gasteiger partial charge in [0.2, 0.25) is 0 Å². The van der Waals surface area contributed by atoms with Crippen LogP contribution < -0.4 is 5.32 Å². The van der Waals surface area contributed by atoms with Gasteiger partial charge in [-0.3, -0.25) is 9.88 Å². The SMILES string of the molecule is Cl.Clc1cccc(C2CNCCN2Cc2cnc(-c3ccncc3)s2)c1. The zero-order chi connectivity index (χ0) is 17.1. The molecule has 0 amide bonds. The zero-order valence-corrected chi connectivity index (χ0v) is 16.5. The van der Waals surface area contributed by atoms with Crippen molar-refractivity contribution in [1.82, 2.24) is 20.2 Å². The summed E-state index contributed by atoms with van der Waals surface area (Å²) in [6.07, 6.45) is 5.61. The fraction of sp³-hybridized carbons (Fsp3) is 0.263. The molecule has 0 aliphatic carbocycles. The average molecular weight is 407 g/mol. The fourth-order valence-corrected chi connectivity index (χ4v) is 4.33. The summed E-state index contributed by atoms with van der Waals surface area (Å²) in [5, 5.41) is 5.34. The lowest BCUT2D eigenvalue weighted by Crippen LogP contribution is -2.45. The van der Waals surface area contributed by atoms with E-state index in [4.69, 9.17) is 11.6 Å². The monoisotopic (exact) mass is 406 g/mol. The predicted molar refractivity (Wildman–Crippen MR) is 110 cm³/mol. The fourth-order valence-electron chi connectivity index (χ4n) is 3.19. The molecule has 1 aliphatic heterocycles. The maximum Gasteiger partial charge on any atom is 0.123 e. The first-order chi connectivity index (χ1) is 12.3. The summed E-state index contributed by atoms with van der Waals surface area (Å²) in [5.41, 5.74) is 2.39. The molecule has 1 aromatic carbocycles. The van der Waals surface area contributed by atoms with E-state index in [1.54, 1.807) is 11.3 Å². The second-order valence-corrected chi connectivity index (χ2v) is 7.66. The van der Waals surface area contributed by atoms with Crippen LogP contribution in [-0.2, 0) is 6.54 Å². The van der Waals surface area contributed by atoms with Crippen LogP contribution in [-0.4, -0.2) is 34.5 Å². The highest BCUT2D eigenvalue weighted by molar-refractivity contribution is 7.15. The van der Waals surface area contributed by atoms with E-state index in [2.05, 4.69) is 32.3 Å². The van der Waals surface area contributed by atoms with E-state index in [1.165, 1.54) is 10.4 Å². The van der Waals surface area contributed by atoms with E-state index in [0.29, 0.717) is 6.04 Å². The number of hydrogen-bond donors (Lipinski definition) is 1. The van der Waals surface area contributed by atoms with Crippen LogP contribution in [0.4, 0.5) is 0 Å². The normalized spacial score (nSPS) is 17.7. The molecule has 26 heavy (non-hydrogen) atoms. The number of rotatable bonds is 4. The molecule has 4 rings (SSSR count). The standard InChI is InChI=1S/C19H19ClN4S.ClH/c20-16-3-1-2-15(10-16)18-12-22-8-9-24(18)13-17-11-23-19(25-17)14-4-6-21-7-5-14;/h1-7,10-11,18,22H,8-9,12-13H2;1H. The third-order valence-corrected chi connectivity index (χ3v) is 5.69. The van der Waals surface area contributed by atoms with Gasteiger partial charge in [0, 0.05) is 66.3 Å². The van der Waals surface area contributed by atoms with Gasteiger partial charge >= 0.3 is 0 Å². The minimum Gasteiger partial charge on any atom is -0.314 e. The van der Waals surface area contributed by atoms with Crippen LogP contribution in [0, 0.1) is 0 Å². The number of nitrogens with one attached hydrogen (secondary N) is 1. The van der Waals surface area contributed by atoms with E-state index in [9.17, 15) is 0 Å².